The molecule has 0 aliphatic carbocycles. The van der Waals surface area contributed by atoms with Crippen molar-refractivity contribution in [2.24, 2.45) is 5.73 Å². The highest BCUT2D eigenvalue weighted by molar-refractivity contribution is 6.13. The van der Waals surface area contributed by atoms with E-state index in [1.54, 1.807) is 0 Å². The normalized spacial score (nSPS) is 12.4. The topological polar surface area (TPSA) is 132 Å². The molecular weight excluding hydrogens is 409 g/mol. The number of fused-ring (bicyclic) bond motifs is 1. The molecule has 0 bridgehead atoms. The number of carboxylic acids is 1. The SMILES string of the molecule is NC(C(=O)O)C(=O)c1ncc2ccc(Oc3ccc(OC(F)(F)F)cc3)cc2c1O. The molecule has 0 radical (unpaired) electrons. The van der Waals surface area contributed by atoms with Crippen LogP contribution in [0.1, 0.15) is 10.5 Å². The number of hydrogen-bond donors (Lipinski definition) is 3. The lowest BCUT2D eigenvalue weighted by Crippen LogP contribution is -2.38. The summed E-state index contributed by atoms with van der Waals surface area (Å²) in [7, 11) is 0. The molecule has 3 aromatic rings. The number of Topliss-reactive ketones (excluding diaryl/α,β-unsaturated/α-hetero) is 1. The second-order valence-electron chi connectivity index (χ2n) is 6.01. The van der Waals surface area contributed by atoms with Crippen LogP contribution in [-0.4, -0.2) is 39.4 Å². The molecule has 1 heterocycles. The summed E-state index contributed by atoms with van der Waals surface area (Å²) in [4.78, 5) is 26.8. The monoisotopic (exact) mass is 422 g/mol. The van der Waals surface area contributed by atoms with Gasteiger partial charge < -0.3 is 25.4 Å². The highest BCUT2D eigenvalue weighted by atomic mass is 19.4. The Labute approximate surface area is 166 Å². The van der Waals surface area contributed by atoms with E-state index in [-0.39, 0.29) is 16.9 Å². The zero-order chi connectivity index (χ0) is 22.1. The molecule has 8 nitrogen and oxygen atoms in total. The second-order valence-corrected chi connectivity index (χ2v) is 6.01. The molecule has 0 fully saturated rings. The summed E-state index contributed by atoms with van der Waals surface area (Å²) in [5.41, 5.74) is 4.77. The van der Waals surface area contributed by atoms with Crippen molar-refractivity contribution < 1.29 is 42.4 Å². The van der Waals surface area contributed by atoms with Crippen LogP contribution in [0.2, 0.25) is 0 Å². The minimum atomic E-state index is -4.81. The summed E-state index contributed by atoms with van der Waals surface area (Å²) in [5.74, 6) is -3.27. The minimum absolute atomic E-state index is 0.139. The predicted octanol–water partition coefficient (Wildman–Crippen LogP) is 3.23. The highest BCUT2D eigenvalue weighted by Gasteiger charge is 2.31. The average Bonchev–Trinajstić information content (AvgIpc) is 2.68. The summed E-state index contributed by atoms with van der Waals surface area (Å²) in [6.45, 7) is 0. The first-order valence-electron chi connectivity index (χ1n) is 8.23. The number of ketones is 1. The fraction of sp³-hybridized carbons (Fsp3) is 0.105. The molecule has 1 atom stereocenters. The number of benzene rings is 2. The number of carbonyl (C=O) groups is 2. The number of pyridine rings is 1. The summed E-state index contributed by atoms with van der Waals surface area (Å²) in [5, 5.41) is 19.8. The van der Waals surface area contributed by atoms with E-state index in [4.69, 9.17) is 15.6 Å². The zero-order valence-electron chi connectivity index (χ0n) is 14.9. The Hall–Kier alpha value is -3.86. The molecule has 0 aliphatic heterocycles. The molecule has 2 aromatic carbocycles. The van der Waals surface area contributed by atoms with Gasteiger partial charge in [-0.05, 0) is 42.5 Å². The maximum Gasteiger partial charge on any atom is 0.573 e. The Kier molecular flexibility index (Phi) is 5.47. The van der Waals surface area contributed by atoms with Crippen molar-refractivity contribution in [1.29, 1.82) is 0 Å². The first kappa shape index (κ1) is 20.9. The number of carboxylic acid groups (broad SMARTS) is 1. The number of aromatic nitrogens is 1. The standard InChI is InChI=1S/C19H13F3N2O6/c20-19(21,22)30-11-5-3-10(4-6-11)29-12-2-1-9-8-24-15(16(25)13(9)7-12)17(26)14(23)18(27)28/h1-8,14,25H,23H2,(H,27,28). The van der Waals surface area contributed by atoms with Gasteiger partial charge in [-0.3, -0.25) is 9.59 Å². The Balaban J connectivity index is 1.88. The van der Waals surface area contributed by atoms with Gasteiger partial charge in [0.15, 0.2) is 17.5 Å². The van der Waals surface area contributed by atoms with Crippen LogP contribution < -0.4 is 15.2 Å². The number of rotatable bonds is 6. The lowest BCUT2D eigenvalue weighted by atomic mass is 10.1. The number of aliphatic carboxylic acids is 1. The van der Waals surface area contributed by atoms with Gasteiger partial charge in [-0.25, -0.2) is 4.98 Å². The van der Waals surface area contributed by atoms with E-state index >= 15 is 0 Å². The third-order valence-corrected chi connectivity index (χ3v) is 3.91. The summed E-state index contributed by atoms with van der Waals surface area (Å²) in [6, 6.07) is 7.12. The number of halogens is 3. The molecular formula is C19H13F3N2O6. The van der Waals surface area contributed by atoms with Crippen molar-refractivity contribution in [2.75, 3.05) is 0 Å². The molecule has 0 saturated heterocycles. The lowest BCUT2D eigenvalue weighted by molar-refractivity contribution is -0.274. The molecule has 3 rings (SSSR count). The maximum absolute atomic E-state index is 12.2. The van der Waals surface area contributed by atoms with E-state index in [1.165, 1.54) is 36.5 Å². The van der Waals surface area contributed by atoms with Crippen LogP contribution >= 0.6 is 0 Å². The van der Waals surface area contributed by atoms with Gasteiger partial charge in [0.2, 0.25) is 5.78 Å². The molecule has 30 heavy (non-hydrogen) atoms. The number of nitrogens with zero attached hydrogens (tertiary/aromatic N) is 1. The highest BCUT2D eigenvalue weighted by Crippen LogP contribution is 2.33. The van der Waals surface area contributed by atoms with Crippen LogP contribution in [0.5, 0.6) is 23.0 Å². The van der Waals surface area contributed by atoms with E-state index in [2.05, 4.69) is 9.72 Å². The van der Waals surface area contributed by atoms with Gasteiger partial charge in [-0.15, -0.1) is 13.2 Å². The minimum Gasteiger partial charge on any atom is -0.505 e. The fourth-order valence-electron chi connectivity index (χ4n) is 2.52. The molecule has 156 valence electrons. The Morgan fingerprint density at radius 1 is 1.03 bits per heavy atom. The molecule has 1 unspecified atom stereocenters. The Bertz CT molecular complexity index is 1120. The molecule has 1 aromatic heterocycles. The molecule has 0 aliphatic rings. The number of nitrogens with two attached hydrogens (primary N) is 1. The molecule has 11 heteroatoms. The zero-order valence-corrected chi connectivity index (χ0v) is 14.9. The number of hydrogen-bond acceptors (Lipinski definition) is 7. The van der Waals surface area contributed by atoms with E-state index in [9.17, 15) is 27.9 Å². The average molecular weight is 422 g/mol. The van der Waals surface area contributed by atoms with Crippen LogP contribution in [-0.2, 0) is 4.79 Å². The summed E-state index contributed by atoms with van der Waals surface area (Å²) >= 11 is 0. The van der Waals surface area contributed by atoms with Crippen molar-refractivity contribution in [2.45, 2.75) is 12.4 Å². The smallest absolute Gasteiger partial charge is 0.505 e. The largest absolute Gasteiger partial charge is 0.573 e. The fourth-order valence-corrected chi connectivity index (χ4v) is 2.52. The molecule has 0 amide bonds. The van der Waals surface area contributed by atoms with E-state index in [0.717, 1.165) is 12.1 Å². The lowest BCUT2D eigenvalue weighted by Gasteiger charge is -2.12. The van der Waals surface area contributed by atoms with Gasteiger partial charge in [-0.2, -0.15) is 0 Å². The van der Waals surface area contributed by atoms with Gasteiger partial charge in [0, 0.05) is 17.0 Å². The third-order valence-electron chi connectivity index (χ3n) is 3.91. The summed E-state index contributed by atoms with van der Waals surface area (Å²) in [6.07, 6.45) is -3.56. The van der Waals surface area contributed by atoms with Gasteiger partial charge >= 0.3 is 12.3 Å². The Morgan fingerprint density at radius 3 is 2.23 bits per heavy atom. The number of aromatic hydroxyl groups is 1. The van der Waals surface area contributed by atoms with Crippen molar-refractivity contribution >= 4 is 22.5 Å². The van der Waals surface area contributed by atoms with Gasteiger partial charge in [0.05, 0.1) is 0 Å². The predicted molar refractivity (Wildman–Crippen MR) is 96.5 cm³/mol. The van der Waals surface area contributed by atoms with Crippen LogP contribution in [0.15, 0.2) is 48.7 Å². The van der Waals surface area contributed by atoms with Gasteiger partial charge in [-0.1, -0.05) is 0 Å². The van der Waals surface area contributed by atoms with Crippen molar-refractivity contribution in [3.8, 4) is 23.0 Å². The number of alkyl halides is 3. The van der Waals surface area contributed by atoms with Crippen LogP contribution in [0, 0.1) is 0 Å². The first-order valence-corrected chi connectivity index (χ1v) is 8.23. The van der Waals surface area contributed by atoms with Crippen LogP contribution in [0.25, 0.3) is 10.8 Å². The van der Waals surface area contributed by atoms with Crippen LogP contribution in [0.4, 0.5) is 13.2 Å². The van der Waals surface area contributed by atoms with E-state index in [0.29, 0.717) is 5.39 Å². The van der Waals surface area contributed by atoms with Crippen LogP contribution in [0.3, 0.4) is 0 Å². The maximum atomic E-state index is 12.2. The Morgan fingerprint density at radius 2 is 1.63 bits per heavy atom. The van der Waals surface area contributed by atoms with E-state index in [1.807, 2.05) is 0 Å². The molecule has 0 saturated carbocycles. The van der Waals surface area contributed by atoms with Crippen molar-refractivity contribution in [3.63, 3.8) is 0 Å². The molecule has 4 N–H and O–H groups in total. The van der Waals surface area contributed by atoms with Crippen molar-refractivity contribution in [3.05, 3.63) is 54.4 Å². The number of carbonyl (C=O) groups excluding carboxylic acids is 1. The quantitative estimate of drug-likeness (QED) is 0.408. The van der Waals surface area contributed by atoms with Crippen molar-refractivity contribution in [1.82, 2.24) is 4.98 Å². The van der Waals surface area contributed by atoms with E-state index < -0.39 is 41.3 Å². The third kappa shape index (κ3) is 4.58. The second kappa shape index (κ2) is 7.87. The number of ether oxygens (including phenoxy) is 2. The summed E-state index contributed by atoms with van der Waals surface area (Å²) < 4.78 is 45.9. The first-order chi connectivity index (χ1) is 14.0. The molecule has 0 spiro atoms. The van der Waals surface area contributed by atoms with Gasteiger partial charge in [0.1, 0.15) is 17.2 Å². The van der Waals surface area contributed by atoms with Gasteiger partial charge in [0.25, 0.3) is 0 Å².